The van der Waals surface area contributed by atoms with Gasteiger partial charge < -0.3 is 4.42 Å². The molecule has 2 aromatic rings. The molecule has 0 N–H and O–H groups in total. The van der Waals surface area contributed by atoms with Gasteiger partial charge in [0.05, 0.1) is 11.7 Å². The topological polar surface area (TPSA) is 18.1 Å². The van der Waals surface area contributed by atoms with Gasteiger partial charge in [0.2, 0.25) is 0 Å². The fourth-order valence-corrected chi connectivity index (χ4v) is 1.44. The summed E-state index contributed by atoms with van der Waals surface area (Å²) in [5.41, 5.74) is 4.38. The summed E-state index contributed by atoms with van der Waals surface area (Å²) in [6.07, 6.45) is 1.66. The van der Waals surface area contributed by atoms with Gasteiger partial charge in [-0.15, -0.1) is 5.73 Å². The minimum Gasteiger partial charge on any atom is -0.429 e. The summed E-state index contributed by atoms with van der Waals surface area (Å²) in [4.78, 5) is 0.414. The second kappa shape index (κ2) is 3.05. The van der Waals surface area contributed by atoms with Crippen LogP contribution in [0.3, 0.4) is 0 Å². The van der Waals surface area contributed by atoms with Gasteiger partial charge in [-0.3, -0.25) is 4.57 Å². The van der Waals surface area contributed by atoms with Crippen molar-refractivity contribution in [1.82, 2.24) is 4.57 Å². The van der Waals surface area contributed by atoms with E-state index in [1.54, 1.807) is 10.8 Å². The van der Waals surface area contributed by atoms with Crippen molar-refractivity contribution in [3.05, 3.63) is 41.4 Å². The lowest BCUT2D eigenvalue weighted by atomic mass is 10.3. The molecule has 0 saturated carbocycles. The summed E-state index contributed by atoms with van der Waals surface area (Å²) in [6.45, 7) is 3.49. The molecule has 0 amide bonds. The van der Waals surface area contributed by atoms with E-state index in [-0.39, 0.29) is 0 Å². The molecule has 2 rings (SSSR count). The van der Waals surface area contributed by atoms with E-state index in [0.717, 1.165) is 11.1 Å². The highest BCUT2D eigenvalue weighted by Gasteiger charge is 2.01. The fourth-order valence-electron chi connectivity index (χ4n) is 1.20. The number of rotatable bonds is 1. The summed E-state index contributed by atoms with van der Waals surface area (Å²) in [5, 5.41) is 0. The van der Waals surface area contributed by atoms with E-state index in [1.165, 1.54) is 0 Å². The van der Waals surface area contributed by atoms with E-state index in [2.05, 4.69) is 12.3 Å². The number of nitrogens with zero attached hydrogens (tertiary/aromatic N) is 1. The zero-order valence-corrected chi connectivity index (χ0v) is 7.67. The minimum atomic E-state index is 0.414. The van der Waals surface area contributed by atoms with Gasteiger partial charge in [0.1, 0.15) is 0 Å². The van der Waals surface area contributed by atoms with Gasteiger partial charge in [-0.05, 0) is 24.4 Å². The van der Waals surface area contributed by atoms with E-state index < -0.39 is 0 Å². The Labute approximate surface area is 80.4 Å². The molecule has 0 saturated heterocycles. The standard InChI is InChI=1S/C10H7NOS/c1-2-7-11-8-5-3-4-6-9(8)12-10(11)13/h3-7H,1H2. The maximum absolute atomic E-state index is 5.33. The Morgan fingerprint density at radius 3 is 3.00 bits per heavy atom. The Bertz CT molecular complexity index is 543. The third kappa shape index (κ3) is 1.24. The quantitative estimate of drug-likeness (QED) is 0.506. The highest BCUT2D eigenvalue weighted by atomic mass is 32.1. The summed E-state index contributed by atoms with van der Waals surface area (Å²) >= 11 is 5.02. The highest BCUT2D eigenvalue weighted by molar-refractivity contribution is 7.71. The first kappa shape index (κ1) is 8.05. The minimum absolute atomic E-state index is 0.414. The Morgan fingerprint density at radius 2 is 2.23 bits per heavy atom. The van der Waals surface area contributed by atoms with Crippen molar-refractivity contribution in [2.24, 2.45) is 0 Å². The zero-order valence-electron chi connectivity index (χ0n) is 6.86. The molecule has 1 heterocycles. The lowest BCUT2D eigenvalue weighted by molar-refractivity contribution is 0.574. The monoisotopic (exact) mass is 189 g/mol. The predicted molar refractivity (Wildman–Crippen MR) is 54.9 cm³/mol. The van der Waals surface area contributed by atoms with Crippen LogP contribution in [0.5, 0.6) is 0 Å². The van der Waals surface area contributed by atoms with Crippen molar-refractivity contribution in [2.75, 3.05) is 0 Å². The van der Waals surface area contributed by atoms with Crippen LogP contribution < -0.4 is 0 Å². The lowest BCUT2D eigenvalue weighted by Gasteiger charge is -1.89. The number of hydrogen-bond acceptors (Lipinski definition) is 2. The second-order valence-corrected chi connectivity index (χ2v) is 2.89. The maximum atomic E-state index is 5.33. The van der Waals surface area contributed by atoms with Gasteiger partial charge in [0, 0.05) is 0 Å². The molecule has 0 unspecified atom stereocenters. The molecule has 0 atom stereocenters. The molecular weight excluding hydrogens is 182 g/mol. The van der Waals surface area contributed by atoms with Crippen LogP contribution in [0.25, 0.3) is 17.3 Å². The Kier molecular flexibility index (Phi) is 1.89. The van der Waals surface area contributed by atoms with Crippen molar-refractivity contribution in [3.63, 3.8) is 0 Å². The second-order valence-electron chi connectivity index (χ2n) is 2.54. The Morgan fingerprint density at radius 1 is 1.46 bits per heavy atom. The number of para-hydroxylation sites is 2. The van der Waals surface area contributed by atoms with Gasteiger partial charge in [0.15, 0.2) is 5.58 Å². The van der Waals surface area contributed by atoms with Crippen LogP contribution in [0, 0.1) is 4.84 Å². The van der Waals surface area contributed by atoms with Crippen LogP contribution in [0.1, 0.15) is 0 Å². The molecule has 0 fully saturated rings. The molecule has 13 heavy (non-hydrogen) atoms. The summed E-state index contributed by atoms with van der Waals surface area (Å²) in [6, 6.07) is 7.64. The molecule has 64 valence electrons. The molecule has 0 radical (unpaired) electrons. The Hall–Kier alpha value is -1.57. The number of fused-ring (bicyclic) bond motifs is 1. The van der Waals surface area contributed by atoms with E-state index in [4.69, 9.17) is 16.6 Å². The molecule has 1 aromatic carbocycles. The van der Waals surface area contributed by atoms with Crippen LogP contribution in [0.15, 0.2) is 41.0 Å². The van der Waals surface area contributed by atoms with Crippen LogP contribution in [0.4, 0.5) is 0 Å². The van der Waals surface area contributed by atoms with Gasteiger partial charge >= 0.3 is 0 Å². The van der Waals surface area contributed by atoms with Crippen LogP contribution >= 0.6 is 12.2 Å². The van der Waals surface area contributed by atoms with Crippen LogP contribution in [-0.2, 0) is 0 Å². The fraction of sp³-hybridized carbons (Fsp3) is 0. The normalized spacial score (nSPS) is 9.85. The SMILES string of the molecule is C=C=Cn1c(=S)oc2ccccc21. The Balaban J connectivity index is 2.94. The first-order valence-electron chi connectivity index (χ1n) is 3.79. The molecule has 0 spiro atoms. The third-order valence-electron chi connectivity index (χ3n) is 1.74. The van der Waals surface area contributed by atoms with Gasteiger partial charge in [-0.2, -0.15) is 0 Å². The van der Waals surface area contributed by atoms with Gasteiger partial charge in [0.25, 0.3) is 4.84 Å². The average Bonchev–Trinajstić information content (AvgIpc) is 2.44. The molecule has 2 nitrogen and oxygen atoms in total. The molecule has 3 heteroatoms. The highest BCUT2D eigenvalue weighted by Crippen LogP contribution is 2.16. The molecular formula is C10H7NOS. The molecule has 0 aliphatic rings. The van der Waals surface area contributed by atoms with Crippen molar-refractivity contribution in [1.29, 1.82) is 0 Å². The zero-order chi connectivity index (χ0) is 9.26. The number of aromatic nitrogens is 1. The first-order valence-corrected chi connectivity index (χ1v) is 4.20. The van der Waals surface area contributed by atoms with E-state index >= 15 is 0 Å². The summed E-state index contributed by atoms with van der Waals surface area (Å²) < 4.78 is 7.06. The predicted octanol–water partition coefficient (Wildman–Crippen LogP) is 3.22. The van der Waals surface area contributed by atoms with Crippen LogP contribution in [-0.4, -0.2) is 4.57 Å². The third-order valence-corrected chi connectivity index (χ3v) is 2.02. The number of hydrogen-bond donors (Lipinski definition) is 0. The number of benzene rings is 1. The lowest BCUT2D eigenvalue weighted by Crippen LogP contribution is -1.82. The molecule has 0 aliphatic heterocycles. The van der Waals surface area contributed by atoms with E-state index in [9.17, 15) is 0 Å². The van der Waals surface area contributed by atoms with E-state index in [0.29, 0.717) is 4.84 Å². The molecule has 0 bridgehead atoms. The maximum Gasteiger partial charge on any atom is 0.274 e. The molecule has 0 aliphatic carbocycles. The van der Waals surface area contributed by atoms with Gasteiger partial charge in [-0.25, -0.2) is 0 Å². The largest absolute Gasteiger partial charge is 0.429 e. The van der Waals surface area contributed by atoms with Crippen molar-refractivity contribution < 1.29 is 4.42 Å². The van der Waals surface area contributed by atoms with Crippen molar-refractivity contribution in [2.45, 2.75) is 0 Å². The first-order chi connectivity index (χ1) is 6.33. The van der Waals surface area contributed by atoms with E-state index in [1.807, 2.05) is 24.3 Å². The molecule has 1 aromatic heterocycles. The smallest absolute Gasteiger partial charge is 0.274 e. The number of oxazole rings is 1. The van der Waals surface area contributed by atoms with Crippen molar-refractivity contribution in [3.8, 4) is 0 Å². The summed E-state index contributed by atoms with van der Waals surface area (Å²) in [5.74, 6) is 0. The summed E-state index contributed by atoms with van der Waals surface area (Å²) in [7, 11) is 0. The van der Waals surface area contributed by atoms with Crippen LogP contribution in [0.2, 0.25) is 0 Å². The van der Waals surface area contributed by atoms with Crippen molar-refractivity contribution >= 4 is 29.5 Å². The van der Waals surface area contributed by atoms with Gasteiger partial charge in [-0.1, -0.05) is 18.7 Å². The average molecular weight is 189 g/mol.